The van der Waals surface area contributed by atoms with Gasteiger partial charge in [-0.05, 0) is 32.9 Å². The van der Waals surface area contributed by atoms with Crippen molar-refractivity contribution in [1.29, 1.82) is 0 Å². The Bertz CT molecular complexity index is 1250. The Kier molecular flexibility index (Phi) is 11.4. The molecule has 2 saturated heterocycles. The molecule has 2 N–H and O–H groups in total. The van der Waals surface area contributed by atoms with Crippen LogP contribution >= 0.6 is 24.8 Å². The van der Waals surface area contributed by atoms with E-state index in [1.165, 1.54) is 12.3 Å². The highest BCUT2D eigenvalue weighted by Gasteiger charge is 2.41. The highest BCUT2D eigenvalue weighted by molar-refractivity contribution is 5.97. The van der Waals surface area contributed by atoms with Gasteiger partial charge < -0.3 is 20.1 Å². The van der Waals surface area contributed by atoms with Crippen LogP contribution in [0.3, 0.4) is 0 Å². The summed E-state index contributed by atoms with van der Waals surface area (Å²) in [6, 6.07) is 5.88. The molecular weight excluding hydrogens is 587 g/mol. The molecular formula is C30H43Cl2F2N5O3. The number of hydrogen-bond donors (Lipinski definition) is 2. The predicted octanol–water partition coefficient (Wildman–Crippen LogP) is 3.68. The number of benzene rings is 1. The number of fused-ring (bicyclic) bond motifs is 1. The summed E-state index contributed by atoms with van der Waals surface area (Å²) in [6.45, 7) is 15.1. The molecule has 5 rings (SSSR count). The fourth-order valence-corrected chi connectivity index (χ4v) is 6.33. The van der Waals surface area contributed by atoms with Crippen molar-refractivity contribution in [3.63, 3.8) is 0 Å². The zero-order chi connectivity index (χ0) is 28.8. The summed E-state index contributed by atoms with van der Waals surface area (Å²) in [5.41, 5.74) is 1.32. The van der Waals surface area contributed by atoms with E-state index in [9.17, 15) is 18.7 Å². The number of piperazine rings is 1. The van der Waals surface area contributed by atoms with Gasteiger partial charge in [-0.25, -0.2) is 8.78 Å². The highest BCUT2D eigenvalue weighted by atomic mass is 35.5. The number of carbonyl (C=O) groups excluding carboxylic acids is 1. The van der Waals surface area contributed by atoms with Crippen LogP contribution in [0.2, 0.25) is 0 Å². The van der Waals surface area contributed by atoms with Gasteiger partial charge in [-0.3, -0.25) is 19.6 Å². The summed E-state index contributed by atoms with van der Waals surface area (Å²) in [4.78, 5) is 25.0. The molecule has 0 unspecified atom stereocenters. The summed E-state index contributed by atoms with van der Waals surface area (Å²) in [6.07, 6.45) is 0.177. The zero-order valence-electron chi connectivity index (χ0n) is 24.8. The van der Waals surface area contributed by atoms with E-state index in [4.69, 9.17) is 4.74 Å². The Labute approximate surface area is 259 Å². The third-order valence-electron chi connectivity index (χ3n) is 8.58. The first-order chi connectivity index (χ1) is 18.9. The Morgan fingerprint density at radius 2 is 1.86 bits per heavy atom. The molecule has 12 heteroatoms. The molecule has 8 nitrogen and oxygen atoms in total. The maximum absolute atomic E-state index is 14.4. The van der Waals surface area contributed by atoms with E-state index in [-0.39, 0.29) is 60.3 Å². The summed E-state index contributed by atoms with van der Waals surface area (Å²) >= 11 is 0. The van der Waals surface area contributed by atoms with E-state index in [0.29, 0.717) is 43.1 Å². The van der Waals surface area contributed by atoms with Crippen LogP contribution in [0.25, 0.3) is 0 Å². The van der Waals surface area contributed by atoms with Crippen LogP contribution in [-0.2, 0) is 14.9 Å². The third kappa shape index (κ3) is 7.07. The second-order valence-corrected chi connectivity index (χ2v) is 12.4. The molecule has 234 valence electrons. The number of ether oxygens (including phenoxy) is 1. The first-order valence-electron chi connectivity index (χ1n) is 14.2. The minimum atomic E-state index is -1.34. The molecule has 1 aromatic carbocycles. The molecule has 3 aliphatic heterocycles. The molecule has 1 aromatic heterocycles. The van der Waals surface area contributed by atoms with Gasteiger partial charge >= 0.3 is 0 Å². The van der Waals surface area contributed by atoms with Crippen molar-refractivity contribution < 1.29 is 23.4 Å². The maximum atomic E-state index is 14.4. The van der Waals surface area contributed by atoms with E-state index in [1.54, 1.807) is 11.0 Å². The van der Waals surface area contributed by atoms with Crippen LogP contribution < -0.4 is 10.2 Å². The highest BCUT2D eigenvalue weighted by Crippen LogP contribution is 2.41. The monoisotopic (exact) mass is 629 g/mol. The number of aliphatic hydroxyl groups is 1. The third-order valence-corrected chi connectivity index (χ3v) is 8.58. The molecule has 4 heterocycles. The number of pyridine rings is 1. The molecule has 0 saturated carbocycles. The molecule has 2 fully saturated rings. The summed E-state index contributed by atoms with van der Waals surface area (Å²) in [5, 5.41) is 14.5. The predicted molar refractivity (Wildman–Crippen MR) is 164 cm³/mol. The number of aromatic nitrogens is 1. The van der Waals surface area contributed by atoms with Crippen molar-refractivity contribution in [1.82, 2.24) is 20.1 Å². The number of carbonyl (C=O) groups is 1. The number of amides is 1. The van der Waals surface area contributed by atoms with E-state index in [1.807, 2.05) is 13.8 Å². The number of rotatable bonds is 6. The SMILES string of the molecule is C[C@@H]1CN(CC(=O)N2CC(C)(C)c3ncc([C@@H](O)c4ccc(F)cc4F)cc32)[C@@H](CN2[C@H](C)COC[C@H]2C)CN1.Cl.Cl. The molecule has 1 amide bonds. The van der Waals surface area contributed by atoms with Crippen LogP contribution in [-0.4, -0.2) is 95.9 Å². The lowest BCUT2D eigenvalue weighted by atomic mass is 9.90. The van der Waals surface area contributed by atoms with E-state index < -0.39 is 17.7 Å². The number of halogens is 4. The summed E-state index contributed by atoms with van der Waals surface area (Å²) in [7, 11) is 0. The average Bonchev–Trinajstić information content (AvgIpc) is 3.17. The first kappa shape index (κ1) is 34.6. The quantitative estimate of drug-likeness (QED) is 0.505. The van der Waals surface area contributed by atoms with Gasteiger partial charge in [-0.2, -0.15) is 0 Å². The van der Waals surface area contributed by atoms with Gasteiger partial charge in [0.25, 0.3) is 0 Å². The van der Waals surface area contributed by atoms with Crippen LogP contribution in [0, 0.1) is 11.6 Å². The lowest BCUT2D eigenvalue weighted by molar-refractivity contribution is -0.121. The Morgan fingerprint density at radius 1 is 1.17 bits per heavy atom. The molecule has 5 atom stereocenters. The van der Waals surface area contributed by atoms with Gasteiger partial charge in [-0.15, -0.1) is 24.8 Å². The molecule has 3 aliphatic rings. The van der Waals surface area contributed by atoms with Gasteiger partial charge in [0.1, 0.15) is 17.7 Å². The van der Waals surface area contributed by atoms with E-state index in [0.717, 1.165) is 37.5 Å². The molecule has 2 aromatic rings. The average molecular weight is 631 g/mol. The standard InChI is InChI=1S/C30H41F2N5O3.2ClH/c1-18-12-35(23(11-33-18)13-36-19(2)15-40-16-20(36)3)14-27(38)37-17-30(4,5)29-26(37)8-21(10-34-29)28(39)24-7-6-22(31)9-25(24)32;;/h6-10,18-20,23,28,33,39H,11-17H2,1-5H3;2*1H/t18-,19-,20-,23-,28-;;/m1../s1. The van der Waals surface area contributed by atoms with Gasteiger partial charge in [0.2, 0.25) is 5.91 Å². The summed E-state index contributed by atoms with van der Waals surface area (Å²) in [5.74, 6) is -1.57. The lowest BCUT2D eigenvalue weighted by Gasteiger charge is -2.46. The van der Waals surface area contributed by atoms with Gasteiger partial charge in [0, 0.05) is 79.2 Å². The van der Waals surface area contributed by atoms with Crippen LogP contribution in [0.4, 0.5) is 14.5 Å². The summed E-state index contributed by atoms with van der Waals surface area (Å²) < 4.78 is 33.6. The number of aliphatic hydroxyl groups excluding tert-OH is 1. The zero-order valence-corrected chi connectivity index (χ0v) is 26.5. The molecule has 42 heavy (non-hydrogen) atoms. The van der Waals surface area contributed by atoms with Crippen molar-refractivity contribution in [3.8, 4) is 0 Å². The topological polar surface area (TPSA) is 81.2 Å². The number of anilines is 1. The lowest BCUT2D eigenvalue weighted by Crippen LogP contribution is -2.63. The maximum Gasteiger partial charge on any atom is 0.241 e. The minimum Gasteiger partial charge on any atom is -0.383 e. The van der Waals surface area contributed by atoms with Gasteiger partial charge in [-0.1, -0.05) is 19.9 Å². The number of nitrogens with one attached hydrogen (secondary N) is 1. The Morgan fingerprint density at radius 3 is 2.52 bits per heavy atom. The van der Waals surface area contributed by atoms with Crippen molar-refractivity contribution in [3.05, 3.63) is 58.9 Å². The molecule has 0 aliphatic carbocycles. The fourth-order valence-electron chi connectivity index (χ4n) is 6.33. The van der Waals surface area contributed by atoms with Gasteiger partial charge in [0.15, 0.2) is 0 Å². The smallest absolute Gasteiger partial charge is 0.241 e. The second-order valence-electron chi connectivity index (χ2n) is 12.4. The van der Waals surface area contributed by atoms with Crippen LogP contribution in [0.1, 0.15) is 57.5 Å². The van der Waals surface area contributed by atoms with Gasteiger partial charge in [0.05, 0.1) is 31.1 Å². The van der Waals surface area contributed by atoms with Crippen LogP contribution in [0.5, 0.6) is 0 Å². The molecule has 0 radical (unpaired) electrons. The Balaban J connectivity index is 0.00000242. The van der Waals surface area contributed by atoms with Crippen molar-refractivity contribution in [2.45, 2.75) is 70.3 Å². The largest absolute Gasteiger partial charge is 0.383 e. The minimum absolute atomic E-state index is 0. The van der Waals surface area contributed by atoms with E-state index in [2.05, 4.69) is 40.9 Å². The van der Waals surface area contributed by atoms with Crippen molar-refractivity contribution >= 4 is 36.4 Å². The van der Waals surface area contributed by atoms with Crippen molar-refractivity contribution in [2.24, 2.45) is 0 Å². The second kappa shape index (κ2) is 13.8. The van der Waals surface area contributed by atoms with Crippen LogP contribution in [0.15, 0.2) is 30.5 Å². The van der Waals surface area contributed by atoms with Crippen molar-refractivity contribution in [2.75, 3.05) is 50.8 Å². The van der Waals surface area contributed by atoms with E-state index >= 15 is 0 Å². The molecule has 0 spiro atoms. The Hall–Kier alpha value is -1.92. The first-order valence-corrected chi connectivity index (χ1v) is 14.2. The number of hydrogen-bond acceptors (Lipinski definition) is 7. The number of nitrogens with zero attached hydrogens (tertiary/aromatic N) is 4. The molecule has 0 bridgehead atoms. The fraction of sp³-hybridized carbons (Fsp3) is 0.600. The number of morpholine rings is 1. The normalized spacial score (nSPS) is 26.6.